The Bertz CT molecular complexity index is 363. The van der Waals surface area contributed by atoms with Crippen molar-refractivity contribution in [2.75, 3.05) is 0 Å². The number of carbonyl (C=O) groups is 1. The van der Waals surface area contributed by atoms with Crippen LogP contribution in [0.3, 0.4) is 0 Å². The number of rotatable bonds is 7. The molecule has 18 heavy (non-hydrogen) atoms. The molecule has 3 unspecified atom stereocenters. The molecule has 0 aromatic heterocycles. The van der Waals surface area contributed by atoms with Gasteiger partial charge in [0, 0.05) is 12.0 Å². The summed E-state index contributed by atoms with van der Waals surface area (Å²) >= 11 is 0. The fourth-order valence-electron chi connectivity index (χ4n) is 1.78. The molecule has 0 heterocycles. The summed E-state index contributed by atoms with van der Waals surface area (Å²) in [6, 6.07) is 8.43. The topological polar surface area (TPSA) is 77.8 Å². The van der Waals surface area contributed by atoms with Gasteiger partial charge in [-0.1, -0.05) is 43.7 Å². The maximum Gasteiger partial charge on any atom is 0.191 e. The number of hydrogen-bond donors (Lipinski definition) is 3. The zero-order chi connectivity index (χ0) is 13.5. The predicted octanol–water partition coefficient (Wildman–Crippen LogP) is 1.14. The van der Waals surface area contributed by atoms with Crippen LogP contribution in [0.5, 0.6) is 0 Å². The minimum absolute atomic E-state index is 0.144. The molecule has 100 valence electrons. The first-order chi connectivity index (χ1) is 8.56. The molecule has 0 bridgehead atoms. The summed E-state index contributed by atoms with van der Waals surface area (Å²) in [4.78, 5) is 11.8. The van der Waals surface area contributed by atoms with Gasteiger partial charge >= 0.3 is 0 Å². The van der Waals surface area contributed by atoms with Gasteiger partial charge in [-0.05, 0) is 6.42 Å². The molecule has 0 saturated carbocycles. The Hall–Kier alpha value is -1.23. The average molecular weight is 252 g/mol. The summed E-state index contributed by atoms with van der Waals surface area (Å²) in [6.45, 7) is 1.89. The Labute approximate surface area is 107 Å². The summed E-state index contributed by atoms with van der Waals surface area (Å²) < 4.78 is 0. The molecular weight excluding hydrogens is 232 g/mol. The van der Waals surface area contributed by atoms with E-state index in [1.165, 1.54) is 0 Å². The van der Waals surface area contributed by atoms with Crippen molar-refractivity contribution in [3.8, 4) is 0 Å². The summed E-state index contributed by atoms with van der Waals surface area (Å²) in [5.74, 6) is -0.432. The number of ketones is 1. The Balaban J connectivity index is 2.55. The number of benzene rings is 1. The van der Waals surface area contributed by atoms with Crippen LogP contribution in [0, 0.1) is 0 Å². The lowest BCUT2D eigenvalue weighted by Crippen LogP contribution is -2.33. The molecule has 0 radical (unpaired) electrons. The molecule has 0 saturated heterocycles. The molecule has 3 atom stereocenters. The van der Waals surface area contributed by atoms with E-state index >= 15 is 0 Å². The van der Waals surface area contributed by atoms with Crippen molar-refractivity contribution in [3.63, 3.8) is 0 Å². The second-order valence-electron chi connectivity index (χ2n) is 4.41. The van der Waals surface area contributed by atoms with Crippen LogP contribution in [-0.4, -0.2) is 39.4 Å². The van der Waals surface area contributed by atoms with E-state index in [9.17, 15) is 20.1 Å². The normalized spacial score (nSPS) is 16.0. The fourth-order valence-corrected chi connectivity index (χ4v) is 1.78. The van der Waals surface area contributed by atoms with Gasteiger partial charge in [0.1, 0.15) is 6.10 Å². The van der Waals surface area contributed by atoms with Crippen LogP contribution in [0.2, 0.25) is 0 Å². The Morgan fingerprint density at radius 3 is 2.28 bits per heavy atom. The van der Waals surface area contributed by atoms with Gasteiger partial charge in [-0.15, -0.1) is 0 Å². The Morgan fingerprint density at radius 2 is 1.72 bits per heavy atom. The lowest BCUT2D eigenvalue weighted by Gasteiger charge is -2.19. The number of aliphatic hydroxyl groups is 3. The zero-order valence-corrected chi connectivity index (χ0v) is 10.5. The molecule has 1 aromatic rings. The standard InChI is InChI=1S/C14H20O4/c1-2-6-11(15)12(16)9-13(17)14(18)10-7-4-3-5-8-10/h3-5,7-8,11-13,15-17H,2,6,9H2,1H3. The highest BCUT2D eigenvalue weighted by molar-refractivity contribution is 5.99. The first-order valence-electron chi connectivity index (χ1n) is 6.19. The number of carbonyl (C=O) groups excluding carboxylic acids is 1. The summed E-state index contributed by atoms with van der Waals surface area (Å²) in [7, 11) is 0. The molecular formula is C14H20O4. The van der Waals surface area contributed by atoms with Gasteiger partial charge in [-0.25, -0.2) is 0 Å². The minimum Gasteiger partial charge on any atom is -0.390 e. The number of hydrogen-bond acceptors (Lipinski definition) is 4. The SMILES string of the molecule is CCCC(O)C(O)CC(O)C(=O)c1ccccc1. The predicted molar refractivity (Wildman–Crippen MR) is 68.3 cm³/mol. The van der Waals surface area contributed by atoms with Crippen LogP contribution in [0.4, 0.5) is 0 Å². The lowest BCUT2D eigenvalue weighted by molar-refractivity contribution is -0.0123. The molecule has 0 aliphatic carbocycles. The van der Waals surface area contributed by atoms with Gasteiger partial charge in [0.05, 0.1) is 12.2 Å². The highest BCUT2D eigenvalue weighted by Crippen LogP contribution is 2.12. The van der Waals surface area contributed by atoms with E-state index in [1.54, 1.807) is 30.3 Å². The quantitative estimate of drug-likeness (QED) is 0.636. The van der Waals surface area contributed by atoms with Crippen molar-refractivity contribution in [2.24, 2.45) is 0 Å². The highest BCUT2D eigenvalue weighted by Gasteiger charge is 2.24. The van der Waals surface area contributed by atoms with Crippen LogP contribution in [0.25, 0.3) is 0 Å². The van der Waals surface area contributed by atoms with Gasteiger partial charge in [0.15, 0.2) is 5.78 Å². The van der Waals surface area contributed by atoms with Crippen molar-refractivity contribution >= 4 is 5.78 Å². The van der Waals surface area contributed by atoms with E-state index in [0.717, 1.165) is 6.42 Å². The van der Waals surface area contributed by atoms with Crippen molar-refractivity contribution in [2.45, 2.75) is 44.5 Å². The Kier molecular flexibility index (Phi) is 5.98. The van der Waals surface area contributed by atoms with Gasteiger partial charge < -0.3 is 15.3 Å². The smallest absolute Gasteiger partial charge is 0.191 e. The van der Waals surface area contributed by atoms with Gasteiger partial charge in [0.25, 0.3) is 0 Å². The molecule has 4 nitrogen and oxygen atoms in total. The summed E-state index contributed by atoms with van der Waals surface area (Å²) in [5, 5.41) is 28.9. The molecule has 1 rings (SSSR count). The third-order valence-electron chi connectivity index (χ3n) is 2.85. The van der Waals surface area contributed by atoms with Crippen molar-refractivity contribution < 1.29 is 20.1 Å². The zero-order valence-electron chi connectivity index (χ0n) is 10.5. The monoisotopic (exact) mass is 252 g/mol. The van der Waals surface area contributed by atoms with E-state index < -0.39 is 24.1 Å². The van der Waals surface area contributed by atoms with Crippen molar-refractivity contribution in [3.05, 3.63) is 35.9 Å². The highest BCUT2D eigenvalue weighted by atomic mass is 16.3. The van der Waals surface area contributed by atoms with Crippen LogP contribution < -0.4 is 0 Å². The average Bonchev–Trinajstić information content (AvgIpc) is 2.39. The molecule has 0 spiro atoms. The van der Waals surface area contributed by atoms with Crippen molar-refractivity contribution in [1.29, 1.82) is 0 Å². The fraction of sp³-hybridized carbons (Fsp3) is 0.500. The molecule has 0 fully saturated rings. The third-order valence-corrected chi connectivity index (χ3v) is 2.85. The third kappa shape index (κ3) is 4.22. The maximum atomic E-state index is 11.8. The molecule has 4 heteroatoms. The van der Waals surface area contributed by atoms with E-state index in [4.69, 9.17) is 0 Å². The Morgan fingerprint density at radius 1 is 1.11 bits per heavy atom. The van der Waals surface area contributed by atoms with Crippen LogP contribution in [0.15, 0.2) is 30.3 Å². The minimum atomic E-state index is -1.28. The van der Waals surface area contributed by atoms with Gasteiger partial charge in [-0.2, -0.15) is 0 Å². The molecule has 3 N–H and O–H groups in total. The van der Waals surface area contributed by atoms with Crippen molar-refractivity contribution in [1.82, 2.24) is 0 Å². The van der Waals surface area contributed by atoms with Crippen LogP contribution in [0.1, 0.15) is 36.5 Å². The van der Waals surface area contributed by atoms with E-state index in [0.29, 0.717) is 12.0 Å². The molecule has 0 aliphatic heterocycles. The molecule has 0 amide bonds. The van der Waals surface area contributed by atoms with E-state index in [1.807, 2.05) is 6.92 Å². The number of aliphatic hydroxyl groups excluding tert-OH is 3. The van der Waals surface area contributed by atoms with Crippen LogP contribution in [-0.2, 0) is 0 Å². The molecule has 1 aromatic carbocycles. The van der Waals surface area contributed by atoms with Crippen LogP contribution >= 0.6 is 0 Å². The molecule has 0 aliphatic rings. The van der Waals surface area contributed by atoms with E-state index in [-0.39, 0.29) is 6.42 Å². The lowest BCUT2D eigenvalue weighted by atomic mass is 9.98. The maximum absolute atomic E-state index is 11.8. The largest absolute Gasteiger partial charge is 0.390 e. The summed E-state index contributed by atoms with van der Waals surface area (Å²) in [5.41, 5.74) is 0.405. The second-order valence-corrected chi connectivity index (χ2v) is 4.41. The van der Waals surface area contributed by atoms with Gasteiger partial charge in [-0.3, -0.25) is 4.79 Å². The summed E-state index contributed by atoms with van der Waals surface area (Å²) in [6.07, 6.45) is -2.21. The number of Topliss-reactive ketones (excluding diaryl/α,β-unsaturated/α-hetero) is 1. The first-order valence-corrected chi connectivity index (χ1v) is 6.19. The second kappa shape index (κ2) is 7.26. The van der Waals surface area contributed by atoms with Gasteiger partial charge in [0.2, 0.25) is 0 Å². The first kappa shape index (κ1) is 14.8. The van der Waals surface area contributed by atoms with E-state index in [2.05, 4.69) is 0 Å².